The summed E-state index contributed by atoms with van der Waals surface area (Å²) >= 11 is 1.70. The van der Waals surface area contributed by atoms with Crippen molar-refractivity contribution in [2.24, 2.45) is 0 Å². The number of benzene rings is 1. The highest BCUT2D eigenvalue weighted by Gasteiger charge is 2.32. The monoisotopic (exact) mass is 474 g/mol. The van der Waals surface area contributed by atoms with E-state index in [1.165, 1.54) is 11.0 Å². The summed E-state index contributed by atoms with van der Waals surface area (Å²) in [6.45, 7) is 1.19. The second kappa shape index (κ2) is 9.96. The number of H-pyrrole nitrogens is 1. The number of hydrogen-bond acceptors (Lipinski definition) is 6. The number of nitrogens with one attached hydrogen (secondary N) is 2. The fourth-order valence-corrected chi connectivity index (χ4v) is 5.24. The van der Waals surface area contributed by atoms with Gasteiger partial charge in [-0.05, 0) is 37.8 Å². The van der Waals surface area contributed by atoms with Gasteiger partial charge in [-0.1, -0.05) is 0 Å². The molecule has 0 bridgehead atoms. The highest BCUT2D eigenvalue weighted by molar-refractivity contribution is 7.99. The van der Waals surface area contributed by atoms with Crippen molar-refractivity contribution >= 4 is 28.4 Å². The average molecular weight is 475 g/mol. The Morgan fingerprint density at radius 1 is 1.19 bits per heavy atom. The molecule has 2 N–H and O–H groups in total. The summed E-state index contributed by atoms with van der Waals surface area (Å²) < 4.78 is 57.7. The normalized spacial score (nSPS) is 19.5. The SMILES string of the molecule is O=c1[nH]c(CSC2CCOCC2)nc2cc(NC3CCN(CC(F)(F)F)CC3)cc(F)c12. The third-order valence-corrected chi connectivity index (χ3v) is 7.18. The summed E-state index contributed by atoms with van der Waals surface area (Å²) in [4.78, 5) is 21.0. The van der Waals surface area contributed by atoms with Gasteiger partial charge in [0.15, 0.2) is 0 Å². The molecule has 2 fully saturated rings. The Balaban J connectivity index is 1.43. The van der Waals surface area contributed by atoms with Gasteiger partial charge in [-0.3, -0.25) is 9.69 Å². The molecule has 2 aromatic rings. The van der Waals surface area contributed by atoms with Crippen molar-refractivity contribution in [3.63, 3.8) is 0 Å². The summed E-state index contributed by atoms with van der Waals surface area (Å²) in [6.07, 6.45) is -1.27. The van der Waals surface area contributed by atoms with Gasteiger partial charge in [0.1, 0.15) is 17.0 Å². The fourth-order valence-electron chi connectivity index (χ4n) is 4.19. The van der Waals surface area contributed by atoms with Gasteiger partial charge < -0.3 is 15.0 Å². The molecule has 0 saturated carbocycles. The molecule has 0 radical (unpaired) electrons. The number of likely N-dealkylation sites (tertiary alicyclic amines) is 1. The number of ether oxygens (including phenoxy) is 1. The van der Waals surface area contributed by atoms with E-state index in [2.05, 4.69) is 15.3 Å². The lowest BCUT2D eigenvalue weighted by atomic mass is 10.0. The third-order valence-electron chi connectivity index (χ3n) is 5.80. The molecule has 0 amide bonds. The zero-order valence-corrected chi connectivity index (χ0v) is 18.3. The lowest BCUT2D eigenvalue weighted by Crippen LogP contribution is -2.43. The predicted molar refractivity (Wildman–Crippen MR) is 117 cm³/mol. The first-order chi connectivity index (χ1) is 15.3. The van der Waals surface area contributed by atoms with Crippen LogP contribution in [0, 0.1) is 5.82 Å². The number of nitrogens with zero attached hydrogens (tertiary/aromatic N) is 2. The molecule has 1 aromatic heterocycles. The van der Waals surface area contributed by atoms with Crippen molar-refractivity contribution < 1.29 is 22.3 Å². The first-order valence-corrected chi connectivity index (χ1v) is 11.8. The van der Waals surface area contributed by atoms with E-state index in [0.717, 1.165) is 26.1 Å². The fraction of sp³-hybridized carbons (Fsp3) is 0.619. The second-order valence-electron chi connectivity index (χ2n) is 8.30. The molecule has 11 heteroatoms. The quantitative estimate of drug-likeness (QED) is 0.619. The highest BCUT2D eigenvalue weighted by atomic mass is 32.2. The highest BCUT2D eigenvalue weighted by Crippen LogP contribution is 2.26. The molecule has 0 spiro atoms. The smallest absolute Gasteiger partial charge is 0.382 e. The molecule has 2 aliphatic heterocycles. The van der Waals surface area contributed by atoms with Crippen LogP contribution in [0.15, 0.2) is 16.9 Å². The maximum Gasteiger partial charge on any atom is 0.401 e. The molecule has 4 rings (SSSR count). The van der Waals surface area contributed by atoms with Crippen LogP contribution < -0.4 is 10.9 Å². The van der Waals surface area contributed by atoms with Gasteiger partial charge in [0.2, 0.25) is 0 Å². The summed E-state index contributed by atoms with van der Waals surface area (Å²) in [6, 6.07) is 2.82. The number of halogens is 4. The van der Waals surface area contributed by atoms with Gasteiger partial charge in [-0.15, -0.1) is 0 Å². The van der Waals surface area contributed by atoms with Gasteiger partial charge in [-0.2, -0.15) is 24.9 Å². The Labute approximate surface area is 187 Å². The topological polar surface area (TPSA) is 70.2 Å². The minimum Gasteiger partial charge on any atom is -0.382 e. The lowest BCUT2D eigenvalue weighted by molar-refractivity contribution is -0.147. The number of anilines is 1. The number of alkyl halides is 3. The van der Waals surface area contributed by atoms with E-state index in [9.17, 15) is 22.4 Å². The molecular weight excluding hydrogens is 448 g/mol. The average Bonchev–Trinajstić information content (AvgIpc) is 2.73. The maximum absolute atomic E-state index is 14.7. The zero-order chi connectivity index (χ0) is 22.7. The number of aromatic amines is 1. The second-order valence-corrected chi connectivity index (χ2v) is 9.59. The first-order valence-electron chi connectivity index (χ1n) is 10.7. The van der Waals surface area contributed by atoms with Crippen molar-refractivity contribution in [3.05, 3.63) is 34.1 Å². The first kappa shape index (κ1) is 23.3. The van der Waals surface area contributed by atoms with Gasteiger partial charge in [-0.25, -0.2) is 9.37 Å². The van der Waals surface area contributed by atoms with Crippen LogP contribution in [0.4, 0.5) is 23.2 Å². The molecule has 2 saturated heterocycles. The molecule has 3 heterocycles. The van der Waals surface area contributed by atoms with Crippen LogP contribution in [0.1, 0.15) is 31.5 Å². The molecule has 0 unspecified atom stereocenters. The number of hydrogen-bond donors (Lipinski definition) is 2. The van der Waals surface area contributed by atoms with Crippen molar-refractivity contribution in [3.8, 4) is 0 Å². The number of fused-ring (bicyclic) bond motifs is 1. The number of rotatable bonds is 6. The summed E-state index contributed by atoms with van der Waals surface area (Å²) in [5, 5.41) is 3.56. The summed E-state index contributed by atoms with van der Waals surface area (Å²) in [5.41, 5.74) is 0.237. The Bertz CT molecular complexity index is 986. The van der Waals surface area contributed by atoms with Gasteiger partial charge >= 0.3 is 6.18 Å². The van der Waals surface area contributed by atoms with E-state index >= 15 is 0 Å². The van der Waals surface area contributed by atoms with E-state index in [0.29, 0.717) is 48.4 Å². The summed E-state index contributed by atoms with van der Waals surface area (Å²) in [7, 11) is 0. The minimum absolute atomic E-state index is 0.0677. The van der Waals surface area contributed by atoms with Gasteiger partial charge in [0.05, 0.1) is 17.8 Å². The molecule has 6 nitrogen and oxygen atoms in total. The van der Waals surface area contributed by atoms with Crippen molar-refractivity contribution in [2.45, 2.75) is 48.9 Å². The van der Waals surface area contributed by atoms with Crippen molar-refractivity contribution in [2.75, 3.05) is 38.2 Å². The standard InChI is InChI=1S/C21H26F4N4O2S/c22-16-9-14(26-13-1-5-29(6-2-13)12-21(23,24)25)10-17-19(16)20(30)28-18(27-17)11-32-15-3-7-31-8-4-15/h9-10,13,15,26H,1-8,11-12H2,(H,27,28,30). The van der Waals surface area contributed by atoms with Crippen LogP contribution in [0.25, 0.3) is 10.9 Å². The van der Waals surface area contributed by atoms with E-state index in [4.69, 9.17) is 4.74 Å². The maximum atomic E-state index is 14.7. The third kappa shape index (κ3) is 6.14. The predicted octanol–water partition coefficient (Wildman–Crippen LogP) is 3.91. The van der Waals surface area contributed by atoms with E-state index in [1.54, 1.807) is 17.8 Å². The molecule has 2 aliphatic rings. The Kier molecular flexibility index (Phi) is 7.26. The summed E-state index contributed by atoms with van der Waals surface area (Å²) in [5.74, 6) is 0.347. The number of aromatic nitrogens is 2. The van der Waals surface area contributed by atoms with Gasteiger partial charge in [0.25, 0.3) is 5.56 Å². The Hall–Kier alpha value is -1.85. The lowest BCUT2D eigenvalue weighted by Gasteiger charge is -2.33. The minimum atomic E-state index is -4.21. The van der Waals surface area contributed by atoms with Crippen LogP contribution >= 0.6 is 11.8 Å². The molecule has 32 heavy (non-hydrogen) atoms. The van der Waals surface area contributed by atoms with Crippen LogP contribution in [-0.4, -0.2) is 65.2 Å². The molecule has 0 atom stereocenters. The van der Waals surface area contributed by atoms with Crippen LogP contribution in [0.3, 0.4) is 0 Å². The van der Waals surface area contributed by atoms with E-state index in [-0.39, 0.29) is 16.9 Å². The molecule has 1 aromatic carbocycles. The van der Waals surface area contributed by atoms with Crippen molar-refractivity contribution in [1.29, 1.82) is 0 Å². The molecular formula is C21H26F4N4O2S. The number of thioether (sulfide) groups is 1. The Morgan fingerprint density at radius 3 is 2.59 bits per heavy atom. The van der Waals surface area contributed by atoms with E-state index < -0.39 is 24.1 Å². The van der Waals surface area contributed by atoms with Crippen molar-refractivity contribution in [1.82, 2.24) is 14.9 Å². The number of piperidine rings is 1. The van der Waals surface area contributed by atoms with Gasteiger partial charge in [0, 0.05) is 43.3 Å². The van der Waals surface area contributed by atoms with Crippen LogP contribution in [-0.2, 0) is 10.5 Å². The van der Waals surface area contributed by atoms with Crippen LogP contribution in [0.2, 0.25) is 0 Å². The Morgan fingerprint density at radius 2 is 1.91 bits per heavy atom. The van der Waals surface area contributed by atoms with Crippen LogP contribution in [0.5, 0.6) is 0 Å². The molecule has 0 aliphatic carbocycles. The van der Waals surface area contributed by atoms with E-state index in [1.807, 2.05) is 0 Å². The largest absolute Gasteiger partial charge is 0.401 e. The zero-order valence-electron chi connectivity index (χ0n) is 17.5. The molecule has 176 valence electrons.